The van der Waals surface area contributed by atoms with Crippen LogP contribution in [0.3, 0.4) is 0 Å². The Morgan fingerprint density at radius 3 is 2.50 bits per heavy atom. The van der Waals surface area contributed by atoms with Gasteiger partial charge in [0.1, 0.15) is 12.3 Å². The monoisotopic (exact) mass is 468 g/mol. The van der Waals surface area contributed by atoms with E-state index in [1.807, 2.05) is 25.1 Å². The van der Waals surface area contributed by atoms with E-state index in [2.05, 4.69) is 83.4 Å². The van der Waals surface area contributed by atoms with Crippen molar-refractivity contribution in [3.8, 4) is 22.8 Å². The van der Waals surface area contributed by atoms with Gasteiger partial charge in [0.25, 0.3) is 0 Å². The molecule has 6 heteroatoms. The van der Waals surface area contributed by atoms with Gasteiger partial charge in [-0.3, -0.25) is 9.56 Å². The van der Waals surface area contributed by atoms with Gasteiger partial charge in [0.2, 0.25) is 0 Å². The van der Waals surface area contributed by atoms with Gasteiger partial charge >= 0.3 is 0 Å². The van der Waals surface area contributed by atoms with Crippen LogP contribution in [0.5, 0.6) is 5.75 Å². The molecule has 0 spiro atoms. The summed E-state index contributed by atoms with van der Waals surface area (Å²) in [5.74, 6) is 2.83. The summed E-state index contributed by atoms with van der Waals surface area (Å²) in [7, 11) is 0. The lowest BCUT2D eigenvalue weighted by Gasteiger charge is -2.20. The van der Waals surface area contributed by atoms with Gasteiger partial charge in [-0.15, -0.1) is 22.0 Å². The smallest absolute Gasteiger partial charge is 0.168 e. The second-order valence-electron chi connectivity index (χ2n) is 8.53. The summed E-state index contributed by atoms with van der Waals surface area (Å²) in [4.78, 5) is 6.29. The van der Waals surface area contributed by atoms with Crippen molar-refractivity contribution >= 4 is 17.5 Å². The first-order valence-electron chi connectivity index (χ1n) is 11.6. The highest BCUT2D eigenvalue weighted by Crippen LogP contribution is 2.37. The molecule has 1 aliphatic heterocycles. The molecule has 0 saturated heterocycles. The van der Waals surface area contributed by atoms with E-state index >= 15 is 0 Å². The molecule has 1 aromatic heterocycles. The number of fused-ring (bicyclic) bond motifs is 3. The maximum absolute atomic E-state index is 6.12. The molecule has 3 aromatic carbocycles. The molecule has 0 N–H and O–H groups in total. The lowest BCUT2D eigenvalue weighted by Crippen LogP contribution is -2.11. The number of thioether (sulfide) groups is 1. The van der Waals surface area contributed by atoms with Crippen molar-refractivity contribution in [1.29, 1.82) is 0 Å². The zero-order valence-electron chi connectivity index (χ0n) is 19.9. The van der Waals surface area contributed by atoms with E-state index in [0.29, 0.717) is 19.1 Å². The van der Waals surface area contributed by atoms with Crippen molar-refractivity contribution in [2.24, 2.45) is 4.99 Å². The van der Waals surface area contributed by atoms with Crippen LogP contribution in [0, 0.1) is 0 Å². The third-order valence-corrected chi connectivity index (χ3v) is 6.76. The Balaban J connectivity index is 1.80. The molecule has 0 bridgehead atoms. The van der Waals surface area contributed by atoms with Crippen LogP contribution in [0.15, 0.2) is 76.6 Å². The first-order chi connectivity index (χ1) is 16.6. The van der Waals surface area contributed by atoms with Crippen molar-refractivity contribution in [2.75, 3.05) is 12.9 Å². The average Bonchev–Trinajstić information content (AvgIpc) is 3.22. The first kappa shape index (κ1) is 22.4. The number of hydrogen-bond acceptors (Lipinski definition) is 5. The predicted molar refractivity (Wildman–Crippen MR) is 140 cm³/mol. The van der Waals surface area contributed by atoms with Gasteiger partial charge in [-0.2, -0.15) is 0 Å². The molecule has 4 aromatic rings. The number of aromatic nitrogens is 3. The van der Waals surface area contributed by atoms with Crippen molar-refractivity contribution in [3.63, 3.8) is 0 Å². The molecular formula is C28H28N4OS. The van der Waals surface area contributed by atoms with Crippen LogP contribution < -0.4 is 4.74 Å². The minimum atomic E-state index is 0.308. The van der Waals surface area contributed by atoms with Crippen molar-refractivity contribution in [1.82, 2.24) is 14.8 Å². The highest BCUT2D eigenvalue weighted by Gasteiger charge is 2.26. The zero-order valence-corrected chi connectivity index (χ0v) is 20.8. The summed E-state index contributed by atoms with van der Waals surface area (Å²) in [6.45, 7) is 7.48. The fourth-order valence-corrected chi connectivity index (χ4v) is 4.85. The third-order valence-electron chi connectivity index (χ3n) is 6.03. The van der Waals surface area contributed by atoms with Crippen molar-refractivity contribution in [2.45, 2.75) is 38.1 Å². The van der Waals surface area contributed by atoms with Gasteiger partial charge in [0.05, 0.1) is 18.0 Å². The maximum atomic E-state index is 6.12. The van der Waals surface area contributed by atoms with Crippen LogP contribution >= 0.6 is 11.8 Å². The molecule has 2 heterocycles. The minimum absolute atomic E-state index is 0.308. The number of hydrogen-bond donors (Lipinski definition) is 0. The van der Waals surface area contributed by atoms with Crippen LogP contribution in [0.4, 0.5) is 0 Å². The average molecular weight is 469 g/mol. The molecule has 172 valence electrons. The highest BCUT2D eigenvalue weighted by molar-refractivity contribution is 7.98. The molecule has 0 saturated carbocycles. The second kappa shape index (κ2) is 9.47. The van der Waals surface area contributed by atoms with Crippen LogP contribution in [0.25, 0.3) is 17.1 Å². The van der Waals surface area contributed by atoms with Gasteiger partial charge in [-0.05, 0) is 42.9 Å². The van der Waals surface area contributed by atoms with Crippen LogP contribution in [0.1, 0.15) is 49.2 Å². The third kappa shape index (κ3) is 4.03. The molecule has 1 aliphatic rings. The number of nitrogens with zero attached hydrogens (tertiary/aromatic N) is 4. The lowest BCUT2D eigenvalue weighted by molar-refractivity contribution is 0.335. The lowest BCUT2D eigenvalue weighted by atomic mass is 9.93. The highest BCUT2D eigenvalue weighted by atomic mass is 32.2. The molecule has 0 aliphatic carbocycles. The quantitative estimate of drug-likeness (QED) is 0.302. The molecule has 34 heavy (non-hydrogen) atoms. The van der Waals surface area contributed by atoms with Crippen molar-refractivity contribution in [3.05, 3.63) is 89.2 Å². The summed E-state index contributed by atoms with van der Waals surface area (Å²) in [5.41, 5.74) is 6.34. The molecule has 0 amide bonds. The topological polar surface area (TPSA) is 52.3 Å². The molecular weight excluding hydrogens is 440 g/mol. The molecule has 0 unspecified atom stereocenters. The molecule has 5 nitrogen and oxygen atoms in total. The normalized spacial score (nSPS) is 12.7. The van der Waals surface area contributed by atoms with Gasteiger partial charge in [0, 0.05) is 27.7 Å². The Kier molecular flexibility index (Phi) is 6.24. The predicted octanol–water partition coefficient (Wildman–Crippen LogP) is 6.53. The van der Waals surface area contributed by atoms with E-state index in [4.69, 9.17) is 9.73 Å². The number of aliphatic imine (C=N–C) groups is 1. The number of rotatable bonds is 6. The van der Waals surface area contributed by atoms with E-state index in [-0.39, 0.29) is 0 Å². The Morgan fingerprint density at radius 1 is 0.971 bits per heavy atom. The number of benzene rings is 3. The van der Waals surface area contributed by atoms with Crippen molar-refractivity contribution < 1.29 is 4.74 Å². The van der Waals surface area contributed by atoms with Crippen LogP contribution in [-0.2, 0) is 6.54 Å². The van der Waals surface area contributed by atoms with Gasteiger partial charge < -0.3 is 4.74 Å². The maximum Gasteiger partial charge on any atom is 0.168 e. The summed E-state index contributed by atoms with van der Waals surface area (Å²) < 4.78 is 8.27. The Hall–Kier alpha value is -3.38. The van der Waals surface area contributed by atoms with Gasteiger partial charge in [0.15, 0.2) is 11.6 Å². The Labute approximate surface area is 204 Å². The van der Waals surface area contributed by atoms with E-state index in [1.165, 1.54) is 10.5 Å². The van der Waals surface area contributed by atoms with Crippen LogP contribution in [-0.4, -0.2) is 33.3 Å². The van der Waals surface area contributed by atoms with E-state index in [9.17, 15) is 0 Å². The van der Waals surface area contributed by atoms with Crippen LogP contribution in [0.2, 0.25) is 0 Å². The van der Waals surface area contributed by atoms with E-state index in [1.54, 1.807) is 11.8 Å². The number of ether oxygens (including phenoxy) is 1. The summed E-state index contributed by atoms with van der Waals surface area (Å²) in [6, 6.07) is 23.2. The van der Waals surface area contributed by atoms with Gasteiger partial charge in [-0.1, -0.05) is 56.3 Å². The summed E-state index contributed by atoms with van der Waals surface area (Å²) in [5, 5.41) is 9.11. The fraction of sp³-hybridized carbons (Fsp3) is 0.250. The zero-order chi connectivity index (χ0) is 23.7. The standard InChI is InChI=1S/C28H28N4OS/c1-5-33-25-16-24-23(15-22(25)18(2)3)27(20-12-9-13-21(14-20)34-4)29-17-26-30-31-28(32(24)26)19-10-7-6-8-11-19/h6-16,18H,5,17H2,1-4H3. The van der Waals surface area contributed by atoms with E-state index in [0.717, 1.165) is 45.5 Å². The fourth-order valence-electron chi connectivity index (χ4n) is 4.39. The summed E-state index contributed by atoms with van der Waals surface area (Å²) in [6.07, 6.45) is 2.10. The Morgan fingerprint density at radius 2 is 1.76 bits per heavy atom. The largest absolute Gasteiger partial charge is 0.494 e. The van der Waals surface area contributed by atoms with Gasteiger partial charge in [-0.25, -0.2) is 0 Å². The van der Waals surface area contributed by atoms with E-state index < -0.39 is 0 Å². The SMILES string of the molecule is CCOc1cc2c(cc1C(C)C)C(c1cccc(SC)c1)=NCc1nnc(-c3ccccc3)n1-2. The second-order valence-corrected chi connectivity index (χ2v) is 9.41. The molecule has 0 fully saturated rings. The minimum Gasteiger partial charge on any atom is -0.494 e. The Bertz CT molecular complexity index is 1360. The first-order valence-corrected chi connectivity index (χ1v) is 12.8. The molecule has 0 radical (unpaired) electrons. The summed E-state index contributed by atoms with van der Waals surface area (Å²) >= 11 is 1.74. The molecule has 0 atom stereocenters. The molecule has 5 rings (SSSR count).